The third kappa shape index (κ3) is 4.05. The van der Waals surface area contributed by atoms with Crippen LogP contribution in [0.4, 0.5) is 11.6 Å². The molecule has 0 aromatic carbocycles. The van der Waals surface area contributed by atoms with E-state index in [9.17, 15) is 4.79 Å². The van der Waals surface area contributed by atoms with Crippen LogP contribution in [0.3, 0.4) is 0 Å². The number of nitrogen functional groups attached to an aromatic ring is 1. The van der Waals surface area contributed by atoms with Crippen LogP contribution in [0.5, 0.6) is 0 Å². The van der Waals surface area contributed by atoms with Crippen molar-refractivity contribution in [1.82, 2.24) is 25.1 Å². The Morgan fingerprint density at radius 3 is 2.77 bits per heavy atom. The highest BCUT2D eigenvalue weighted by atomic mass is 16.1. The third-order valence-electron chi connectivity index (χ3n) is 7.89. The molecule has 0 spiro atoms. The molecular weight excluding hydrogens is 438 g/mol. The minimum atomic E-state index is -0.0917. The first-order valence-electron chi connectivity index (χ1n) is 12.7. The first-order chi connectivity index (χ1) is 16.9. The van der Waals surface area contributed by atoms with Gasteiger partial charge in [0.05, 0.1) is 23.8 Å². The predicted octanol–water partition coefficient (Wildman–Crippen LogP) is 3.61. The zero-order valence-electron chi connectivity index (χ0n) is 20.7. The number of nitrogens with zero attached hydrogens (tertiary/aromatic N) is 5. The molecule has 1 saturated heterocycles. The van der Waals surface area contributed by atoms with Gasteiger partial charge in [0, 0.05) is 31.2 Å². The molecule has 3 aromatic rings. The van der Waals surface area contributed by atoms with Crippen LogP contribution in [0, 0.1) is 18.8 Å². The van der Waals surface area contributed by atoms with Crippen LogP contribution in [0.15, 0.2) is 30.6 Å². The highest BCUT2D eigenvalue weighted by Crippen LogP contribution is 2.46. The molecule has 2 fully saturated rings. The lowest BCUT2D eigenvalue weighted by molar-refractivity contribution is 0.0935. The fourth-order valence-corrected chi connectivity index (χ4v) is 5.75. The molecule has 3 N–H and O–H groups in total. The Hall–Kier alpha value is -3.42. The summed E-state index contributed by atoms with van der Waals surface area (Å²) >= 11 is 0. The van der Waals surface area contributed by atoms with E-state index >= 15 is 0 Å². The largest absolute Gasteiger partial charge is 0.383 e. The number of pyridine rings is 2. The van der Waals surface area contributed by atoms with Gasteiger partial charge in [-0.2, -0.15) is 5.10 Å². The van der Waals surface area contributed by atoms with E-state index in [2.05, 4.69) is 48.1 Å². The molecule has 1 amide bonds. The minimum absolute atomic E-state index is 0.0539. The van der Waals surface area contributed by atoms with Gasteiger partial charge in [0.15, 0.2) is 0 Å². The normalized spacial score (nSPS) is 22.4. The van der Waals surface area contributed by atoms with Crippen molar-refractivity contribution in [2.75, 3.05) is 23.7 Å². The summed E-state index contributed by atoms with van der Waals surface area (Å²) in [5, 5.41) is 8.02. The van der Waals surface area contributed by atoms with Crippen LogP contribution >= 0.6 is 0 Å². The van der Waals surface area contributed by atoms with Crippen LogP contribution < -0.4 is 16.0 Å². The maximum Gasteiger partial charge on any atom is 0.255 e. The fraction of sp³-hybridized carbons (Fsp3) is 0.481. The Bertz CT molecular complexity index is 1290. The van der Waals surface area contributed by atoms with Crippen LogP contribution in [-0.4, -0.2) is 38.7 Å². The second kappa shape index (κ2) is 8.36. The Morgan fingerprint density at radius 1 is 1.23 bits per heavy atom. The van der Waals surface area contributed by atoms with Gasteiger partial charge in [0.25, 0.3) is 5.91 Å². The maximum atomic E-state index is 13.3. The molecular formula is C27H33N7O. The number of fused-ring (bicyclic) bond motifs is 2. The average molecular weight is 472 g/mol. The van der Waals surface area contributed by atoms with E-state index in [1.54, 1.807) is 6.20 Å². The minimum Gasteiger partial charge on any atom is -0.383 e. The maximum absolute atomic E-state index is 13.3. The van der Waals surface area contributed by atoms with Crippen molar-refractivity contribution in [2.45, 2.75) is 58.5 Å². The molecule has 1 aliphatic heterocycles. The lowest BCUT2D eigenvalue weighted by Crippen LogP contribution is -2.27. The van der Waals surface area contributed by atoms with Crippen molar-refractivity contribution in [1.29, 1.82) is 0 Å². The number of aromatic nitrogens is 4. The number of anilines is 2. The second-order valence-electron chi connectivity index (χ2n) is 10.7. The fourth-order valence-electron chi connectivity index (χ4n) is 5.75. The lowest BCUT2D eigenvalue weighted by atomic mass is 10.0. The molecule has 4 heterocycles. The Kier molecular flexibility index (Phi) is 5.27. The molecule has 3 unspecified atom stereocenters. The number of aryl methyl sites for hydroxylation is 1. The van der Waals surface area contributed by atoms with E-state index in [0.717, 1.165) is 71.7 Å². The predicted molar refractivity (Wildman–Crippen MR) is 135 cm³/mol. The average Bonchev–Trinajstić information content (AvgIpc) is 3.19. The first kappa shape index (κ1) is 22.1. The third-order valence-corrected chi connectivity index (χ3v) is 7.89. The van der Waals surface area contributed by atoms with Crippen molar-refractivity contribution < 1.29 is 4.79 Å². The highest BCUT2D eigenvalue weighted by Gasteiger charge is 2.45. The summed E-state index contributed by atoms with van der Waals surface area (Å²) in [7, 11) is 0. The summed E-state index contributed by atoms with van der Waals surface area (Å²) < 4.78 is 1.88. The van der Waals surface area contributed by atoms with Gasteiger partial charge in [0.2, 0.25) is 0 Å². The van der Waals surface area contributed by atoms with E-state index in [4.69, 9.17) is 15.8 Å². The summed E-state index contributed by atoms with van der Waals surface area (Å²) in [6, 6.07) is 6.19. The van der Waals surface area contributed by atoms with Crippen molar-refractivity contribution in [3.63, 3.8) is 0 Å². The SMILES string of the molecule is Cc1nc(N2CC3CC3C2)ccc1Cn1cc(C(=O)NC2CCc3c2ccnc3N)c(C(C)C)n1. The molecule has 3 aliphatic rings. The number of piperidine rings is 1. The summed E-state index contributed by atoms with van der Waals surface area (Å²) in [6.07, 6.45) is 6.64. The van der Waals surface area contributed by atoms with Crippen LogP contribution in [0.2, 0.25) is 0 Å². The number of nitrogens with two attached hydrogens (primary N) is 1. The molecule has 8 heteroatoms. The van der Waals surface area contributed by atoms with Gasteiger partial charge in [-0.3, -0.25) is 9.48 Å². The van der Waals surface area contributed by atoms with E-state index in [0.29, 0.717) is 17.9 Å². The van der Waals surface area contributed by atoms with Crippen molar-refractivity contribution in [3.8, 4) is 0 Å². The number of amides is 1. The zero-order chi connectivity index (χ0) is 24.3. The Labute approximate surface area is 205 Å². The number of hydrogen-bond acceptors (Lipinski definition) is 6. The first-order valence-corrected chi connectivity index (χ1v) is 12.7. The van der Waals surface area contributed by atoms with Crippen molar-refractivity contribution in [2.24, 2.45) is 11.8 Å². The number of carbonyl (C=O) groups excluding carboxylic acids is 1. The summed E-state index contributed by atoms with van der Waals surface area (Å²) in [5.74, 6) is 3.45. The van der Waals surface area contributed by atoms with Gasteiger partial charge in [-0.05, 0) is 72.8 Å². The number of carbonyl (C=O) groups is 1. The van der Waals surface area contributed by atoms with E-state index in [1.807, 2.05) is 16.9 Å². The lowest BCUT2D eigenvalue weighted by Gasteiger charge is -2.20. The Balaban J connectivity index is 1.20. The van der Waals surface area contributed by atoms with Crippen LogP contribution in [0.25, 0.3) is 0 Å². The van der Waals surface area contributed by atoms with E-state index in [-0.39, 0.29) is 17.9 Å². The van der Waals surface area contributed by atoms with E-state index < -0.39 is 0 Å². The van der Waals surface area contributed by atoms with Crippen LogP contribution in [-0.2, 0) is 13.0 Å². The van der Waals surface area contributed by atoms with Gasteiger partial charge in [0.1, 0.15) is 11.6 Å². The molecule has 35 heavy (non-hydrogen) atoms. The molecule has 3 aromatic heterocycles. The van der Waals surface area contributed by atoms with Crippen molar-refractivity contribution in [3.05, 3.63) is 64.2 Å². The van der Waals surface area contributed by atoms with Gasteiger partial charge in [-0.1, -0.05) is 19.9 Å². The molecule has 3 atom stereocenters. The summed E-state index contributed by atoms with van der Waals surface area (Å²) in [5.41, 5.74) is 11.7. The molecule has 0 radical (unpaired) electrons. The van der Waals surface area contributed by atoms with Gasteiger partial charge >= 0.3 is 0 Å². The van der Waals surface area contributed by atoms with Crippen molar-refractivity contribution >= 4 is 17.5 Å². The smallest absolute Gasteiger partial charge is 0.255 e. The molecule has 1 saturated carbocycles. The van der Waals surface area contributed by atoms with Crippen LogP contribution in [0.1, 0.15) is 77.1 Å². The highest BCUT2D eigenvalue weighted by molar-refractivity contribution is 5.95. The topological polar surface area (TPSA) is 102 Å². The number of rotatable bonds is 6. The molecule has 2 aliphatic carbocycles. The summed E-state index contributed by atoms with van der Waals surface area (Å²) in [6.45, 7) is 9.08. The molecule has 6 rings (SSSR count). The monoisotopic (exact) mass is 471 g/mol. The van der Waals surface area contributed by atoms with Gasteiger partial charge in [-0.15, -0.1) is 0 Å². The quantitative estimate of drug-likeness (QED) is 0.569. The molecule has 182 valence electrons. The Morgan fingerprint density at radius 2 is 2.03 bits per heavy atom. The standard InChI is InChI=1S/C27H33N7O/c1-15(2)25-22(27(35)31-23-6-5-21-20(23)8-9-29-26(21)28)14-34(32-25)13-17-4-7-24(30-16(17)3)33-11-18-10-19(18)12-33/h4,7-9,14-15,18-19,23H,5-6,10-13H2,1-3H3,(H2,28,29)(H,31,35). The number of nitrogens with one attached hydrogen (secondary N) is 1. The van der Waals surface area contributed by atoms with Gasteiger partial charge < -0.3 is 16.0 Å². The molecule has 8 nitrogen and oxygen atoms in total. The zero-order valence-corrected chi connectivity index (χ0v) is 20.7. The second-order valence-corrected chi connectivity index (χ2v) is 10.7. The van der Waals surface area contributed by atoms with Gasteiger partial charge in [-0.25, -0.2) is 9.97 Å². The summed E-state index contributed by atoms with van der Waals surface area (Å²) in [4.78, 5) is 24.8. The number of hydrogen-bond donors (Lipinski definition) is 2. The van der Waals surface area contributed by atoms with E-state index in [1.165, 1.54) is 6.42 Å². The molecule has 0 bridgehead atoms.